The fourth-order valence-corrected chi connectivity index (χ4v) is 2.72. The third-order valence-corrected chi connectivity index (χ3v) is 3.90. The van der Waals surface area contributed by atoms with E-state index >= 15 is 0 Å². The van der Waals surface area contributed by atoms with Gasteiger partial charge in [0.15, 0.2) is 0 Å². The number of rotatable bonds is 6. The van der Waals surface area contributed by atoms with Gasteiger partial charge in [0, 0.05) is 16.2 Å². The average molecular weight is 265 g/mol. The van der Waals surface area contributed by atoms with Crippen LogP contribution in [0, 0.1) is 0 Å². The molecule has 0 fully saturated rings. The van der Waals surface area contributed by atoms with E-state index in [-0.39, 0.29) is 11.9 Å². The van der Waals surface area contributed by atoms with Gasteiger partial charge in [-0.3, -0.25) is 4.79 Å². The number of hydrogen-bond acceptors (Lipinski definition) is 2. The lowest BCUT2D eigenvalue weighted by atomic mass is 10.1. The Hall–Kier alpha value is -0.960. The van der Waals surface area contributed by atoms with E-state index in [1.54, 1.807) is 11.8 Å². The van der Waals surface area contributed by atoms with Crippen LogP contribution in [0.2, 0.25) is 0 Å². The summed E-state index contributed by atoms with van der Waals surface area (Å²) >= 11 is 1.73. The summed E-state index contributed by atoms with van der Waals surface area (Å²) in [7, 11) is 0. The molecule has 0 aliphatic carbocycles. The molecule has 1 rings (SSSR count). The van der Waals surface area contributed by atoms with Crippen LogP contribution < -0.4 is 5.32 Å². The smallest absolute Gasteiger partial charge is 0.252 e. The lowest BCUT2D eigenvalue weighted by molar-refractivity contribution is 0.0932. The molecule has 0 spiro atoms. The first-order valence-electron chi connectivity index (χ1n) is 6.65. The average Bonchev–Trinajstić information content (AvgIpc) is 2.35. The summed E-state index contributed by atoms with van der Waals surface area (Å²) in [6, 6.07) is 8.11. The zero-order valence-corrected chi connectivity index (χ0v) is 12.5. The van der Waals surface area contributed by atoms with Crippen molar-refractivity contribution in [3.05, 3.63) is 29.8 Å². The van der Waals surface area contributed by atoms with Gasteiger partial charge in [0.1, 0.15) is 0 Å². The van der Waals surface area contributed by atoms with Gasteiger partial charge in [-0.15, -0.1) is 11.8 Å². The SMILES string of the molecule is CCC(CC)NC(=O)c1ccccc1SC(C)C. The number of thioether (sulfide) groups is 1. The second kappa shape index (κ2) is 7.47. The Labute approximate surface area is 115 Å². The fourth-order valence-electron chi connectivity index (χ4n) is 1.77. The normalized spacial score (nSPS) is 11.0. The molecule has 0 aromatic heterocycles. The molecular formula is C15H23NOS. The van der Waals surface area contributed by atoms with Crippen LogP contribution >= 0.6 is 11.8 Å². The van der Waals surface area contributed by atoms with E-state index < -0.39 is 0 Å². The molecule has 0 heterocycles. The summed E-state index contributed by atoms with van der Waals surface area (Å²) in [5, 5.41) is 3.57. The summed E-state index contributed by atoms with van der Waals surface area (Å²) in [5.41, 5.74) is 0.795. The van der Waals surface area contributed by atoms with Crippen LogP contribution in [0.4, 0.5) is 0 Å². The molecule has 0 radical (unpaired) electrons. The van der Waals surface area contributed by atoms with Crippen LogP contribution in [0.15, 0.2) is 29.2 Å². The molecule has 3 heteroatoms. The number of hydrogen-bond donors (Lipinski definition) is 1. The van der Waals surface area contributed by atoms with Gasteiger partial charge in [0.2, 0.25) is 0 Å². The van der Waals surface area contributed by atoms with Crippen molar-refractivity contribution >= 4 is 17.7 Å². The highest BCUT2D eigenvalue weighted by atomic mass is 32.2. The lowest BCUT2D eigenvalue weighted by Crippen LogP contribution is -2.34. The third-order valence-electron chi connectivity index (χ3n) is 2.82. The van der Waals surface area contributed by atoms with Crippen LogP contribution in [-0.2, 0) is 0 Å². The summed E-state index contributed by atoms with van der Waals surface area (Å²) < 4.78 is 0. The first-order chi connectivity index (χ1) is 8.58. The Bertz CT molecular complexity index is 386. The van der Waals surface area contributed by atoms with Crippen molar-refractivity contribution in [2.75, 3.05) is 0 Å². The van der Waals surface area contributed by atoms with E-state index in [0.717, 1.165) is 23.3 Å². The van der Waals surface area contributed by atoms with E-state index in [1.807, 2.05) is 24.3 Å². The molecule has 0 aliphatic heterocycles. The Morgan fingerprint density at radius 1 is 1.22 bits per heavy atom. The molecular weight excluding hydrogens is 242 g/mol. The van der Waals surface area contributed by atoms with E-state index in [2.05, 4.69) is 33.0 Å². The van der Waals surface area contributed by atoms with Crippen LogP contribution in [0.5, 0.6) is 0 Å². The Balaban J connectivity index is 2.84. The van der Waals surface area contributed by atoms with Crippen molar-refractivity contribution < 1.29 is 4.79 Å². The number of amides is 1. The molecule has 0 unspecified atom stereocenters. The van der Waals surface area contributed by atoms with Crippen molar-refractivity contribution in [1.82, 2.24) is 5.32 Å². The quantitative estimate of drug-likeness (QED) is 0.784. The van der Waals surface area contributed by atoms with Gasteiger partial charge in [0.05, 0.1) is 5.56 Å². The van der Waals surface area contributed by atoms with E-state index in [9.17, 15) is 4.79 Å². The molecule has 1 N–H and O–H groups in total. The molecule has 1 aromatic carbocycles. The molecule has 0 bridgehead atoms. The number of nitrogens with one attached hydrogen (secondary N) is 1. The van der Waals surface area contributed by atoms with Crippen molar-refractivity contribution in [1.29, 1.82) is 0 Å². The van der Waals surface area contributed by atoms with Crippen molar-refractivity contribution in [2.45, 2.75) is 56.7 Å². The van der Waals surface area contributed by atoms with Crippen molar-refractivity contribution in [3.8, 4) is 0 Å². The first-order valence-corrected chi connectivity index (χ1v) is 7.53. The largest absolute Gasteiger partial charge is 0.349 e. The number of carbonyl (C=O) groups is 1. The first kappa shape index (κ1) is 15.1. The van der Waals surface area contributed by atoms with Gasteiger partial charge in [0.25, 0.3) is 5.91 Å². The maximum Gasteiger partial charge on any atom is 0.252 e. The number of benzene rings is 1. The molecule has 0 saturated carbocycles. The Morgan fingerprint density at radius 3 is 2.39 bits per heavy atom. The molecule has 0 saturated heterocycles. The topological polar surface area (TPSA) is 29.1 Å². The van der Waals surface area contributed by atoms with Crippen molar-refractivity contribution in [2.24, 2.45) is 0 Å². The van der Waals surface area contributed by atoms with Crippen LogP contribution in [0.3, 0.4) is 0 Å². The van der Waals surface area contributed by atoms with E-state index in [0.29, 0.717) is 5.25 Å². The van der Waals surface area contributed by atoms with Gasteiger partial charge in [-0.1, -0.05) is 39.8 Å². The van der Waals surface area contributed by atoms with Crippen LogP contribution in [0.1, 0.15) is 50.9 Å². The molecule has 100 valence electrons. The standard InChI is InChI=1S/C15H23NOS/c1-5-12(6-2)16-15(17)13-9-7-8-10-14(13)18-11(3)4/h7-12H,5-6H2,1-4H3,(H,16,17). The maximum atomic E-state index is 12.3. The molecule has 18 heavy (non-hydrogen) atoms. The third kappa shape index (κ3) is 4.37. The highest BCUT2D eigenvalue weighted by molar-refractivity contribution is 8.00. The second-order valence-corrected chi connectivity index (χ2v) is 6.27. The van der Waals surface area contributed by atoms with Gasteiger partial charge >= 0.3 is 0 Å². The highest BCUT2D eigenvalue weighted by Crippen LogP contribution is 2.26. The minimum atomic E-state index is 0.0486. The van der Waals surface area contributed by atoms with E-state index in [4.69, 9.17) is 0 Å². The zero-order chi connectivity index (χ0) is 13.5. The molecule has 1 aromatic rings. The Kier molecular flexibility index (Phi) is 6.27. The van der Waals surface area contributed by atoms with E-state index in [1.165, 1.54) is 0 Å². The van der Waals surface area contributed by atoms with Gasteiger partial charge in [-0.2, -0.15) is 0 Å². The Morgan fingerprint density at radius 2 is 1.83 bits per heavy atom. The molecule has 0 aliphatic rings. The predicted octanol–water partition coefficient (Wildman–Crippen LogP) is 4.11. The lowest BCUT2D eigenvalue weighted by Gasteiger charge is -2.16. The zero-order valence-electron chi connectivity index (χ0n) is 11.7. The minimum Gasteiger partial charge on any atom is -0.349 e. The molecule has 1 amide bonds. The summed E-state index contributed by atoms with van der Waals surface area (Å²) in [5.74, 6) is 0.0486. The van der Waals surface area contributed by atoms with Gasteiger partial charge < -0.3 is 5.32 Å². The highest BCUT2D eigenvalue weighted by Gasteiger charge is 2.14. The monoisotopic (exact) mass is 265 g/mol. The van der Waals surface area contributed by atoms with Crippen LogP contribution in [-0.4, -0.2) is 17.2 Å². The summed E-state index contributed by atoms with van der Waals surface area (Å²) in [4.78, 5) is 13.3. The minimum absolute atomic E-state index is 0.0486. The second-order valence-electron chi connectivity index (χ2n) is 4.65. The number of carbonyl (C=O) groups excluding carboxylic acids is 1. The predicted molar refractivity (Wildman–Crippen MR) is 79.3 cm³/mol. The molecule has 0 atom stereocenters. The summed E-state index contributed by atoms with van der Waals surface area (Å²) in [6.45, 7) is 8.48. The fraction of sp³-hybridized carbons (Fsp3) is 0.533. The maximum absolute atomic E-state index is 12.3. The van der Waals surface area contributed by atoms with Crippen LogP contribution in [0.25, 0.3) is 0 Å². The molecule has 2 nitrogen and oxygen atoms in total. The van der Waals surface area contributed by atoms with Crippen molar-refractivity contribution in [3.63, 3.8) is 0 Å². The van der Waals surface area contributed by atoms with Gasteiger partial charge in [-0.25, -0.2) is 0 Å². The van der Waals surface area contributed by atoms with Gasteiger partial charge in [-0.05, 0) is 25.0 Å². The summed E-state index contributed by atoms with van der Waals surface area (Å²) in [6.07, 6.45) is 1.95.